The number of nitrogens with one attached hydrogen (secondary N) is 1. The Balaban J connectivity index is 1.91. The third kappa shape index (κ3) is 3.53. The zero-order valence-electron chi connectivity index (χ0n) is 12.6. The molecule has 3 rings (SSSR count). The Morgan fingerprint density at radius 3 is 2.62 bits per heavy atom. The molecular weight excluding hydrogens is 368 g/mol. The summed E-state index contributed by atoms with van der Waals surface area (Å²) in [5.41, 5.74) is 1.62. The molecule has 0 aliphatic rings. The van der Waals surface area contributed by atoms with Gasteiger partial charge in [-0.05, 0) is 18.2 Å². The van der Waals surface area contributed by atoms with Crippen LogP contribution in [0, 0.1) is 0 Å². The normalized spacial score (nSPS) is 11.2. The number of thiazole rings is 1. The van der Waals surface area contributed by atoms with E-state index in [1.807, 2.05) is 30.3 Å². The van der Waals surface area contributed by atoms with Gasteiger partial charge in [-0.2, -0.15) is 0 Å². The smallest absolute Gasteiger partial charge is 0.267 e. The predicted molar refractivity (Wildman–Crippen MR) is 96.4 cm³/mol. The van der Waals surface area contributed by atoms with E-state index in [4.69, 9.17) is 16.3 Å². The largest absolute Gasteiger partial charge is 0.495 e. The standard InChI is InChI=1S/C16H13ClN2O3S2/c1-22-14-8-7-12(17)9-15(14)24(20,21)19-16-18-13(10-23-16)11-5-3-2-4-6-11/h2-10H,1H3,(H,18,19). The summed E-state index contributed by atoms with van der Waals surface area (Å²) in [5, 5.41) is 2.37. The van der Waals surface area contributed by atoms with Crippen molar-refractivity contribution in [3.05, 3.63) is 58.9 Å². The third-order valence-electron chi connectivity index (χ3n) is 3.21. The van der Waals surface area contributed by atoms with E-state index in [9.17, 15) is 8.42 Å². The van der Waals surface area contributed by atoms with Crippen LogP contribution in [0.5, 0.6) is 5.75 Å². The first-order chi connectivity index (χ1) is 11.5. The van der Waals surface area contributed by atoms with Gasteiger partial charge >= 0.3 is 0 Å². The van der Waals surface area contributed by atoms with Gasteiger partial charge in [0.2, 0.25) is 0 Å². The summed E-state index contributed by atoms with van der Waals surface area (Å²) in [7, 11) is -2.46. The Morgan fingerprint density at radius 1 is 1.17 bits per heavy atom. The lowest BCUT2D eigenvalue weighted by atomic mass is 10.2. The third-order valence-corrected chi connectivity index (χ3v) is 5.69. The lowest BCUT2D eigenvalue weighted by Crippen LogP contribution is -2.14. The highest BCUT2D eigenvalue weighted by atomic mass is 35.5. The molecule has 0 atom stereocenters. The number of halogens is 1. The summed E-state index contributed by atoms with van der Waals surface area (Å²) < 4.78 is 32.8. The van der Waals surface area contributed by atoms with E-state index in [1.165, 1.54) is 30.6 Å². The fourth-order valence-corrected chi connectivity index (χ4v) is 4.50. The zero-order chi connectivity index (χ0) is 17.2. The molecule has 24 heavy (non-hydrogen) atoms. The molecule has 3 aromatic rings. The van der Waals surface area contributed by atoms with Gasteiger partial charge in [-0.1, -0.05) is 41.9 Å². The number of ether oxygens (including phenoxy) is 1. The molecule has 124 valence electrons. The summed E-state index contributed by atoms with van der Waals surface area (Å²) in [6.45, 7) is 0. The number of benzene rings is 2. The molecule has 0 saturated heterocycles. The minimum absolute atomic E-state index is 0.0334. The monoisotopic (exact) mass is 380 g/mol. The van der Waals surface area contributed by atoms with Crippen LogP contribution < -0.4 is 9.46 Å². The lowest BCUT2D eigenvalue weighted by Gasteiger charge is -2.10. The first-order valence-corrected chi connectivity index (χ1v) is 9.61. The molecular formula is C16H13ClN2O3S2. The van der Waals surface area contributed by atoms with Crippen LogP contribution in [0.2, 0.25) is 5.02 Å². The van der Waals surface area contributed by atoms with E-state index in [0.717, 1.165) is 5.56 Å². The average molecular weight is 381 g/mol. The Hall–Kier alpha value is -2.09. The van der Waals surface area contributed by atoms with E-state index in [0.29, 0.717) is 10.7 Å². The molecule has 2 aromatic carbocycles. The Morgan fingerprint density at radius 2 is 1.92 bits per heavy atom. The number of anilines is 1. The number of nitrogens with zero attached hydrogens (tertiary/aromatic N) is 1. The van der Waals surface area contributed by atoms with Crippen molar-refractivity contribution in [2.24, 2.45) is 0 Å². The maximum absolute atomic E-state index is 12.6. The molecule has 8 heteroatoms. The summed E-state index contributed by atoms with van der Waals surface area (Å²) in [6, 6.07) is 13.9. The van der Waals surface area contributed by atoms with Crippen LogP contribution in [-0.4, -0.2) is 20.5 Å². The molecule has 0 bridgehead atoms. The quantitative estimate of drug-likeness (QED) is 0.717. The van der Waals surface area contributed by atoms with Gasteiger partial charge in [0.05, 0.1) is 12.8 Å². The highest BCUT2D eigenvalue weighted by Gasteiger charge is 2.21. The fraction of sp³-hybridized carbons (Fsp3) is 0.0625. The number of sulfonamides is 1. The van der Waals surface area contributed by atoms with E-state index < -0.39 is 10.0 Å². The van der Waals surface area contributed by atoms with Gasteiger partial charge in [0.25, 0.3) is 10.0 Å². The first-order valence-electron chi connectivity index (χ1n) is 6.87. The van der Waals surface area contributed by atoms with Crippen molar-refractivity contribution in [1.82, 2.24) is 4.98 Å². The second-order valence-electron chi connectivity index (χ2n) is 4.80. The number of hydrogen-bond donors (Lipinski definition) is 1. The van der Waals surface area contributed by atoms with E-state index in [-0.39, 0.29) is 15.8 Å². The Bertz CT molecular complexity index is 956. The number of hydrogen-bond acceptors (Lipinski definition) is 5. The van der Waals surface area contributed by atoms with Crippen LogP contribution >= 0.6 is 22.9 Å². The zero-order valence-corrected chi connectivity index (χ0v) is 15.0. The van der Waals surface area contributed by atoms with Crippen LogP contribution in [-0.2, 0) is 10.0 Å². The van der Waals surface area contributed by atoms with Gasteiger partial charge in [0.1, 0.15) is 10.6 Å². The second kappa shape index (κ2) is 6.80. The first kappa shape index (κ1) is 16.8. The van der Waals surface area contributed by atoms with Crippen molar-refractivity contribution >= 4 is 38.1 Å². The van der Waals surface area contributed by atoms with E-state index in [2.05, 4.69) is 9.71 Å². The molecule has 1 N–H and O–H groups in total. The minimum Gasteiger partial charge on any atom is -0.495 e. The minimum atomic E-state index is -3.86. The average Bonchev–Trinajstić information content (AvgIpc) is 3.03. The molecule has 0 amide bonds. The van der Waals surface area contributed by atoms with E-state index in [1.54, 1.807) is 11.4 Å². The summed E-state index contributed by atoms with van der Waals surface area (Å²) in [4.78, 5) is 4.29. The van der Waals surface area contributed by atoms with Crippen LogP contribution in [0.4, 0.5) is 5.13 Å². The van der Waals surface area contributed by atoms with Crippen LogP contribution in [0.25, 0.3) is 11.3 Å². The molecule has 0 fully saturated rings. The molecule has 1 aromatic heterocycles. The molecule has 0 unspecified atom stereocenters. The topological polar surface area (TPSA) is 68.3 Å². The summed E-state index contributed by atoms with van der Waals surface area (Å²) in [5.74, 6) is 0.215. The van der Waals surface area contributed by atoms with Gasteiger partial charge < -0.3 is 4.74 Å². The van der Waals surface area contributed by atoms with Crippen molar-refractivity contribution in [2.75, 3.05) is 11.8 Å². The molecule has 0 spiro atoms. The lowest BCUT2D eigenvalue weighted by molar-refractivity contribution is 0.403. The van der Waals surface area contributed by atoms with Crippen LogP contribution in [0.3, 0.4) is 0 Å². The maximum atomic E-state index is 12.6. The van der Waals surface area contributed by atoms with E-state index >= 15 is 0 Å². The number of rotatable bonds is 5. The van der Waals surface area contributed by atoms with Crippen LogP contribution in [0.1, 0.15) is 0 Å². The Labute approximate surface area is 148 Å². The molecule has 0 aliphatic heterocycles. The van der Waals surface area contributed by atoms with Gasteiger partial charge in [0, 0.05) is 16.0 Å². The van der Waals surface area contributed by atoms with Crippen molar-refractivity contribution in [3.63, 3.8) is 0 Å². The molecule has 0 radical (unpaired) electrons. The number of aromatic nitrogens is 1. The molecule has 0 saturated carbocycles. The van der Waals surface area contributed by atoms with Crippen LogP contribution in [0.15, 0.2) is 58.8 Å². The SMILES string of the molecule is COc1ccc(Cl)cc1S(=O)(=O)Nc1nc(-c2ccccc2)cs1. The van der Waals surface area contributed by atoms with Crippen molar-refractivity contribution in [1.29, 1.82) is 0 Å². The van der Waals surface area contributed by atoms with Gasteiger partial charge in [-0.15, -0.1) is 11.3 Å². The fourth-order valence-electron chi connectivity index (χ4n) is 2.09. The summed E-state index contributed by atoms with van der Waals surface area (Å²) >= 11 is 7.11. The summed E-state index contributed by atoms with van der Waals surface area (Å²) in [6.07, 6.45) is 0. The van der Waals surface area contributed by atoms with Gasteiger partial charge in [0.15, 0.2) is 5.13 Å². The van der Waals surface area contributed by atoms with Crippen molar-refractivity contribution < 1.29 is 13.2 Å². The molecule has 0 aliphatic carbocycles. The van der Waals surface area contributed by atoms with Crippen molar-refractivity contribution in [2.45, 2.75) is 4.90 Å². The number of methoxy groups -OCH3 is 1. The van der Waals surface area contributed by atoms with Crippen molar-refractivity contribution in [3.8, 4) is 17.0 Å². The second-order valence-corrected chi connectivity index (χ2v) is 7.75. The predicted octanol–water partition coefficient (Wildman–Crippen LogP) is 4.27. The van der Waals surface area contributed by atoms with Gasteiger partial charge in [-0.25, -0.2) is 13.4 Å². The highest BCUT2D eigenvalue weighted by molar-refractivity contribution is 7.93. The maximum Gasteiger partial charge on any atom is 0.267 e. The Kier molecular flexibility index (Phi) is 4.75. The molecule has 5 nitrogen and oxygen atoms in total. The van der Waals surface area contributed by atoms with Gasteiger partial charge in [-0.3, -0.25) is 4.72 Å². The highest BCUT2D eigenvalue weighted by Crippen LogP contribution is 2.31. The molecule has 1 heterocycles.